The van der Waals surface area contributed by atoms with Crippen molar-refractivity contribution in [3.8, 4) is 0 Å². The first-order chi connectivity index (χ1) is 8.15. The second-order valence-electron chi connectivity index (χ2n) is 3.78. The molecule has 92 valence electrons. The van der Waals surface area contributed by atoms with Crippen molar-refractivity contribution >= 4 is 11.1 Å². The van der Waals surface area contributed by atoms with Crippen molar-refractivity contribution in [1.82, 2.24) is 4.57 Å². The molecule has 0 aliphatic carbocycles. The first-order valence-corrected chi connectivity index (χ1v) is 5.17. The first kappa shape index (κ1) is 11.8. The monoisotopic (exact) mass is 239 g/mol. The van der Waals surface area contributed by atoms with E-state index in [2.05, 4.69) is 0 Å². The van der Waals surface area contributed by atoms with E-state index in [0.29, 0.717) is 16.7 Å². The standard InChI is InChI=1S/C11H13NO5/c13-5-7-1-2-9-10(3-7)17-11(16)12(9)4-8(15)6-14/h1-3,8,13-15H,4-6H2. The maximum atomic E-state index is 11.5. The lowest BCUT2D eigenvalue weighted by atomic mass is 10.2. The highest BCUT2D eigenvalue weighted by Gasteiger charge is 2.12. The van der Waals surface area contributed by atoms with Gasteiger partial charge >= 0.3 is 5.76 Å². The summed E-state index contributed by atoms with van der Waals surface area (Å²) in [6, 6.07) is 4.87. The van der Waals surface area contributed by atoms with E-state index < -0.39 is 18.5 Å². The number of aliphatic hydroxyl groups is 3. The van der Waals surface area contributed by atoms with Crippen LogP contribution >= 0.6 is 0 Å². The Hall–Kier alpha value is -1.63. The summed E-state index contributed by atoms with van der Waals surface area (Å²) in [6.07, 6.45) is -1.01. The van der Waals surface area contributed by atoms with Gasteiger partial charge in [0.1, 0.15) is 0 Å². The van der Waals surface area contributed by atoms with Gasteiger partial charge in [-0.2, -0.15) is 0 Å². The Morgan fingerprint density at radius 3 is 2.76 bits per heavy atom. The lowest BCUT2D eigenvalue weighted by Crippen LogP contribution is -2.25. The Morgan fingerprint density at radius 1 is 1.35 bits per heavy atom. The molecule has 3 N–H and O–H groups in total. The number of aromatic nitrogens is 1. The summed E-state index contributed by atoms with van der Waals surface area (Å²) in [6.45, 7) is -0.585. The van der Waals surface area contributed by atoms with Gasteiger partial charge in [0.15, 0.2) is 5.58 Å². The summed E-state index contributed by atoms with van der Waals surface area (Å²) in [5.41, 5.74) is 1.52. The molecular weight excluding hydrogens is 226 g/mol. The number of benzene rings is 1. The topological polar surface area (TPSA) is 95.8 Å². The lowest BCUT2D eigenvalue weighted by Gasteiger charge is -2.07. The average molecular weight is 239 g/mol. The molecule has 1 aromatic heterocycles. The van der Waals surface area contributed by atoms with Crippen LogP contribution in [0.15, 0.2) is 27.4 Å². The highest BCUT2D eigenvalue weighted by molar-refractivity contribution is 5.73. The van der Waals surface area contributed by atoms with Gasteiger partial charge in [-0.15, -0.1) is 0 Å². The lowest BCUT2D eigenvalue weighted by molar-refractivity contribution is 0.0804. The van der Waals surface area contributed by atoms with Crippen LogP contribution in [-0.4, -0.2) is 32.6 Å². The molecule has 0 aliphatic rings. The fourth-order valence-electron chi connectivity index (χ4n) is 1.65. The zero-order chi connectivity index (χ0) is 12.4. The molecule has 0 spiro atoms. The van der Waals surface area contributed by atoms with Crippen LogP contribution in [0.5, 0.6) is 0 Å². The minimum atomic E-state index is -1.01. The van der Waals surface area contributed by atoms with Crippen molar-refractivity contribution in [2.75, 3.05) is 6.61 Å². The van der Waals surface area contributed by atoms with Gasteiger partial charge in [-0.3, -0.25) is 4.57 Å². The fraction of sp³-hybridized carbons (Fsp3) is 0.364. The largest absolute Gasteiger partial charge is 0.420 e. The number of fused-ring (bicyclic) bond motifs is 1. The van der Waals surface area contributed by atoms with E-state index in [1.165, 1.54) is 4.57 Å². The fourth-order valence-corrected chi connectivity index (χ4v) is 1.65. The number of aliphatic hydroxyl groups excluding tert-OH is 3. The van der Waals surface area contributed by atoms with Crippen molar-refractivity contribution in [2.45, 2.75) is 19.3 Å². The maximum Gasteiger partial charge on any atom is 0.420 e. The van der Waals surface area contributed by atoms with Crippen molar-refractivity contribution < 1.29 is 19.7 Å². The molecule has 1 aromatic carbocycles. The van der Waals surface area contributed by atoms with E-state index in [1.807, 2.05) is 0 Å². The van der Waals surface area contributed by atoms with E-state index >= 15 is 0 Å². The minimum Gasteiger partial charge on any atom is -0.408 e. The Bertz CT molecular complexity index is 571. The summed E-state index contributed by atoms with van der Waals surface area (Å²) in [5.74, 6) is -0.595. The molecule has 6 nitrogen and oxygen atoms in total. The Labute approximate surface area is 96.3 Å². The zero-order valence-electron chi connectivity index (χ0n) is 9.04. The van der Waals surface area contributed by atoms with Crippen molar-refractivity contribution in [3.63, 3.8) is 0 Å². The van der Waals surface area contributed by atoms with E-state index in [-0.39, 0.29) is 13.2 Å². The molecule has 0 fully saturated rings. The molecule has 1 unspecified atom stereocenters. The van der Waals surface area contributed by atoms with Gasteiger partial charge in [-0.1, -0.05) is 6.07 Å². The third kappa shape index (κ3) is 2.23. The van der Waals surface area contributed by atoms with Crippen LogP contribution in [0.25, 0.3) is 11.1 Å². The Kier molecular flexibility index (Phi) is 3.28. The second-order valence-corrected chi connectivity index (χ2v) is 3.78. The maximum absolute atomic E-state index is 11.5. The highest BCUT2D eigenvalue weighted by atomic mass is 16.4. The molecule has 0 aliphatic heterocycles. The van der Waals surface area contributed by atoms with Gasteiger partial charge in [0, 0.05) is 0 Å². The molecule has 2 aromatic rings. The molecule has 6 heteroatoms. The van der Waals surface area contributed by atoms with Crippen LogP contribution in [0, 0.1) is 0 Å². The van der Waals surface area contributed by atoms with Crippen molar-refractivity contribution in [1.29, 1.82) is 0 Å². The van der Waals surface area contributed by atoms with Gasteiger partial charge in [0.05, 0.1) is 31.4 Å². The quantitative estimate of drug-likeness (QED) is 0.664. The molecule has 17 heavy (non-hydrogen) atoms. The van der Waals surface area contributed by atoms with Gasteiger partial charge in [-0.05, 0) is 17.7 Å². The molecule has 0 bridgehead atoms. The predicted molar refractivity (Wildman–Crippen MR) is 59.5 cm³/mol. The summed E-state index contributed by atoms with van der Waals surface area (Å²) in [4.78, 5) is 11.5. The van der Waals surface area contributed by atoms with Crippen LogP contribution in [0.2, 0.25) is 0 Å². The summed E-state index contributed by atoms with van der Waals surface area (Å²) >= 11 is 0. The van der Waals surface area contributed by atoms with Crippen molar-refractivity contribution in [2.24, 2.45) is 0 Å². The van der Waals surface area contributed by atoms with Gasteiger partial charge in [0.2, 0.25) is 0 Å². The predicted octanol–water partition coefficient (Wildman–Crippen LogP) is -0.560. The Morgan fingerprint density at radius 2 is 2.12 bits per heavy atom. The van der Waals surface area contributed by atoms with E-state index in [9.17, 15) is 9.90 Å². The van der Waals surface area contributed by atoms with Crippen LogP contribution in [0.1, 0.15) is 5.56 Å². The van der Waals surface area contributed by atoms with E-state index in [4.69, 9.17) is 14.6 Å². The van der Waals surface area contributed by atoms with Crippen LogP contribution in [-0.2, 0) is 13.2 Å². The third-order valence-electron chi connectivity index (χ3n) is 2.52. The normalized spacial score (nSPS) is 13.1. The molecule has 0 amide bonds. The number of hydrogen-bond donors (Lipinski definition) is 3. The Balaban J connectivity index is 2.49. The summed E-state index contributed by atoms with van der Waals surface area (Å²) < 4.78 is 6.24. The first-order valence-electron chi connectivity index (χ1n) is 5.17. The van der Waals surface area contributed by atoms with Crippen molar-refractivity contribution in [3.05, 3.63) is 34.3 Å². The van der Waals surface area contributed by atoms with Gasteiger partial charge in [-0.25, -0.2) is 4.79 Å². The van der Waals surface area contributed by atoms with Crippen LogP contribution < -0.4 is 5.76 Å². The SMILES string of the molecule is O=c1oc2cc(CO)ccc2n1CC(O)CO. The molecule has 0 radical (unpaired) electrons. The number of rotatable bonds is 4. The minimum absolute atomic E-state index is 0.0270. The van der Waals surface area contributed by atoms with Gasteiger partial charge in [0.25, 0.3) is 0 Å². The molecule has 1 atom stereocenters. The number of nitrogens with zero attached hydrogens (tertiary/aromatic N) is 1. The van der Waals surface area contributed by atoms with Gasteiger partial charge < -0.3 is 19.7 Å². The third-order valence-corrected chi connectivity index (χ3v) is 2.52. The zero-order valence-corrected chi connectivity index (χ0v) is 9.04. The summed E-state index contributed by atoms with van der Waals surface area (Å²) in [5, 5.41) is 27.0. The number of hydrogen-bond acceptors (Lipinski definition) is 5. The highest BCUT2D eigenvalue weighted by Crippen LogP contribution is 2.15. The molecule has 2 rings (SSSR count). The molecule has 0 saturated heterocycles. The smallest absolute Gasteiger partial charge is 0.408 e. The molecule has 1 heterocycles. The average Bonchev–Trinajstić information content (AvgIpc) is 2.64. The van der Waals surface area contributed by atoms with Crippen LogP contribution in [0.4, 0.5) is 0 Å². The van der Waals surface area contributed by atoms with E-state index in [1.54, 1.807) is 18.2 Å². The molecular formula is C11H13NO5. The van der Waals surface area contributed by atoms with Crippen LogP contribution in [0.3, 0.4) is 0 Å². The summed E-state index contributed by atoms with van der Waals surface area (Å²) in [7, 11) is 0. The van der Waals surface area contributed by atoms with E-state index in [0.717, 1.165) is 0 Å². The second kappa shape index (κ2) is 4.70. The number of oxazole rings is 1. The molecule has 0 saturated carbocycles.